The van der Waals surface area contributed by atoms with Crippen LogP contribution in [0, 0.1) is 0 Å². The van der Waals surface area contributed by atoms with Crippen LogP contribution in [0.3, 0.4) is 0 Å². The normalized spacial score (nSPS) is 11.5. The molecule has 0 bridgehead atoms. The molecule has 0 aliphatic carbocycles. The van der Waals surface area contributed by atoms with Crippen LogP contribution in [-0.2, 0) is 20.9 Å². The summed E-state index contributed by atoms with van der Waals surface area (Å²) in [4.78, 5) is 0. The first-order valence-electron chi connectivity index (χ1n) is 5.04. The summed E-state index contributed by atoms with van der Waals surface area (Å²) in [5.41, 5.74) is 0. The van der Waals surface area contributed by atoms with Crippen molar-refractivity contribution < 1.29 is 13.6 Å². The Kier molecular flexibility index (Phi) is 6.21. The van der Waals surface area contributed by atoms with E-state index in [-0.39, 0.29) is 0 Å². The van der Waals surface area contributed by atoms with Crippen molar-refractivity contribution in [3.05, 3.63) is 28.2 Å². The summed E-state index contributed by atoms with van der Waals surface area (Å²) < 4.78 is 16.3. The molecule has 0 N–H and O–H groups in total. The van der Waals surface area contributed by atoms with E-state index in [0.717, 1.165) is 0 Å². The maximum absolute atomic E-state index is 5.98. The minimum absolute atomic E-state index is 0.379. The molecule has 3 nitrogen and oxygen atoms in total. The third kappa shape index (κ3) is 4.74. The second-order valence-electron chi connectivity index (χ2n) is 2.95. The Morgan fingerprint density at radius 3 is 2.29 bits per heavy atom. The van der Waals surface area contributed by atoms with Crippen LogP contribution in [0.15, 0.2) is 18.2 Å². The minimum atomic E-state index is -2.80. The van der Waals surface area contributed by atoms with Crippen molar-refractivity contribution in [2.24, 2.45) is 0 Å². The molecule has 0 fully saturated rings. The van der Waals surface area contributed by atoms with Crippen LogP contribution in [0.4, 0.5) is 0 Å². The third-order valence-corrected chi connectivity index (χ3v) is 4.65. The molecule has 0 saturated heterocycles. The molecule has 1 rings (SSSR count). The summed E-state index contributed by atoms with van der Waals surface area (Å²) in [6.07, 6.45) is 0. The molecule has 0 aliphatic rings. The van der Waals surface area contributed by atoms with E-state index >= 15 is 0 Å². The van der Waals surface area contributed by atoms with Gasteiger partial charge in [-0.3, -0.25) is 9.05 Å². The molecule has 0 aliphatic heterocycles. The van der Waals surface area contributed by atoms with Crippen LogP contribution in [0.25, 0.3) is 0 Å². The van der Waals surface area contributed by atoms with Gasteiger partial charge < -0.3 is 4.52 Å². The van der Waals surface area contributed by atoms with E-state index in [2.05, 4.69) is 0 Å². The summed E-state index contributed by atoms with van der Waals surface area (Å²) in [5.74, 6) is 0.379. The van der Waals surface area contributed by atoms with Gasteiger partial charge in [0.25, 0.3) is 0 Å². The van der Waals surface area contributed by atoms with Crippen LogP contribution in [-0.4, -0.2) is 13.2 Å². The molecule has 0 spiro atoms. The second-order valence-corrected chi connectivity index (χ2v) is 6.73. The zero-order valence-electron chi connectivity index (χ0n) is 9.48. The highest BCUT2D eigenvalue weighted by atomic mass is 35.5. The van der Waals surface area contributed by atoms with Crippen molar-refractivity contribution in [3.63, 3.8) is 0 Å². The van der Waals surface area contributed by atoms with Crippen LogP contribution in [0.2, 0.25) is 10.0 Å². The zero-order valence-corrected chi connectivity index (χ0v) is 12.7. The zero-order chi connectivity index (χ0) is 12.9. The standard InChI is InChI=1S/C10H13Cl2O3PS/c1-3-13-16(17,14-4-2)15-10-7-8(11)5-6-9(10)12/h5-7H,3-4H2,1-2H3. The highest BCUT2D eigenvalue weighted by Crippen LogP contribution is 2.51. The summed E-state index contributed by atoms with van der Waals surface area (Å²) in [7, 11) is 0. The van der Waals surface area contributed by atoms with E-state index in [1.165, 1.54) is 0 Å². The summed E-state index contributed by atoms with van der Waals surface area (Å²) in [5, 5.41) is 0.932. The quantitative estimate of drug-likeness (QED) is 0.713. The van der Waals surface area contributed by atoms with E-state index in [1.807, 2.05) is 13.8 Å². The molecule has 0 aromatic heterocycles. The molecular formula is C10H13Cl2O3PS. The molecule has 1 aromatic rings. The van der Waals surface area contributed by atoms with Gasteiger partial charge in [0.2, 0.25) is 0 Å². The number of rotatable bonds is 6. The van der Waals surface area contributed by atoms with Crippen LogP contribution >= 0.6 is 29.9 Å². The number of hydrogen-bond donors (Lipinski definition) is 0. The van der Waals surface area contributed by atoms with Crippen molar-refractivity contribution >= 4 is 41.7 Å². The van der Waals surface area contributed by atoms with E-state index in [0.29, 0.717) is 29.0 Å². The average molecular weight is 315 g/mol. The van der Waals surface area contributed by atoms with Crippen molar-refractivity contribution in [2.45, 2.75) is 13.8 Å². The smallest absolute Gasteiger partial charge is 0.380 e. The lowest BCUT2D eigenvalue weighted by Crippen LogP contribution is -2.02. The summed E-state index contributed by atoms with van der Waals surface area (Å²) in [6.45, 7) is 1.67. The number of benzene rings is 1. The van der Waals surface area contributed by atoms with E-state index in [1.54, 1.807) is 18.2 Å². The molecule has 0 saturated carbocycles. The Hall–Kier alpha value is 0.170. The first-order chi connectivity index (χ1) is 8.00. The van der Waals surface area contributed by atoms with E-state index < -0.39 is 6.72 Å². The van der Waals surface area contributed by atoms with E-state index in [9.17, 15) is 0 Å². The van der Waals surface area contributed by atoms with Gasteiger partial charge >= 0.3 is 6.72 Å². The van der Waals surface area contributed by atoms with Gasteiger partial charge in [-0.25, -0.2) is 0 Å². The largest absolute Gasteiger partial charge is 0.422 e. The van der Waals surface area contributed by atoms with Gasteiger partial charge in [-0.05, 0) is 26.0 Å². The van der Waals surface area contributed by atoms with Gasteiger partial charge in [0.05, 0.1) is 18.2 Å². The maximum atomic E-state index is 5.98. The molecule has 96 valence electrons. The van der Waals surface area contributed by atoms with Crippen molar-refractivity contribution in [3.8, 4) is 5.75 Å². The Morgan fingerprint density at radius 2 is 1.76 bits per heavy atom. The fourth-order valence-electron chi connectivity index (χ4n) is 1.07. The minimum Gasteiger partial charge on any atom is -0.422 e. The van der Waals surface area contributed by atoms with Gasteiger partial charge in [0.15, 0.2) is 0 Å². The third-order valence-electron chi connectivity index (χ3n) is 1.68. The lowest BCUT2D eigenvalue weighted by molar-refractivity contribution is 0.218. The molecule has 0 heterocycles. The summed E-state index contributed by atoms with van der Waals surface area (Å²) in [6, 6.07) is 4.89. The number of halogens is 2. The topological polar surface area (TPSA) is 27.7 Å². The Labute approximate surface area is 116 Å². The molecule has 17 heavy (non-hydrogen) atoms. The fraction of sp³-hybridized carbons (Fsp3) is 0.400. The molecule has 0 atom stereocenters. The van der Waals surface area contributed by atoms with Crippen LogP contribution < -0.4 is 4.52 Å². The maximum Gasteiger partial charge on any atom is 0.380 e. The van der Waals surface area contributed by atoms with Crippen LogP contribution in [0.1, 0.15) is 13.8 Å². The SMILES string of the molecule is CCOP(=S)(OCC)Oc1cc(Cl)ccc1Cl. The monoisotopic (exact) mass is 314 g/mol. The van der Waals surface area contributed by atoms with Crippen molar-refractivity contribution in [1.82, 2.24) is 0 Å². The molecule has 0 unspecified atom stereocenters. The first-order valence-corrected chi connectivity index (χ1v) is 8.35. The van der Waals surface area contributed by atoms with Gasteiger partial charge in [-0.2, -0.15) is 0 Å². The molecule has 1 aromatic carbocycles. The molecule has 0 radical (unpaired) electrons. The lowest BCUT2D eigenvalue weighted by Gasteiger charge is -2.21. The predicted molar refractivity (Wildman–Crippen MR) is 74.6 cm³/mol. The van der Waals surface area contributed by atoms with Gasteiger partial charge in [-0.15, -0.1) is 0 Å². The van der Waals surface area contributed by atoms with Gasteiger partial charge in [-0.1, -0.05) is 23.2 Å². The first kappa shape index (κ1) is 15.2. The Bertz CT molecular complexity index is 418. The predicted octanol–water partition coefficient (Wildman–Crippen LogP) is 4.67. The van der Waals surface area contributed by atoms with Crippen molar-refractivity contribution in [2.75, 3.05) is 13.2 Å². The highest BCUT2D eigenvalue weighted by Gasteiger charge is 2.22. The van der Waals surface area contributed by atoms with Crippen LogP contribution in [0.5, 0.6) is 5.75 Å². The number of hydrogen-bond acceptors (Lipinski definition) is 4. The Balaban J connectivity index is 2.93. The molecule has 7 heteroatoms. The van der Waals surface area contributed by atoms with Crippen molar-refractivity contribution in [1.29, 1.82) is 0 Å². The van der Waals surface area contributed by atoms with Gasteiger partial charge in [0, 0.05) is 22.9 Å². The molecule has 0 amide bonds. The van der Waals surface area contributed by atoms with Gasteiger partial charge in [0.1, 0.15) is 5.75 Å². The highest BCUT2D eigenvalue weighted by molar-refractivity contribution is 8.07. The fourth-order valence-corrected chi connectivity index (χ4v) is 3.52. The molecular weight excluding hydrogens is 302 g/mol. The second kappa shape index (κ2) is 6.93. The lowest BCUT2D eigenvalue weighted by atomic mass is 10.3. The summed E-state index contributed by atoms with van der Waals surface area (Å²) >= 11 is 17.1. The van der Waals surface area contributed by atoms with E-state index in [4.69, 9.17) is 48.6 Å². The average Bonchev–Trinajstić information content (AvgIpc) is 2.24. The Morgan fingerprint density at radius 1 is 1.18 bits per heavy atom.